The van der Waals surface area contributed by atoms with Gasteiger partial charge in [0.2, 0.25) is 0 Å². The highest BCUT2D eigenvalue weighted by molar-refractivity contribution is 7.80. The topological polar surface area (TPSA) is 60.3 Å². The number of rotatable bonds is 6. The molecule has 0 aliphatic rings. The van der Waals surface area contributed by atoms with E-state index in [1.165, 1.54) is 0 Å². The van der Waals surface area contributed by atoms with Crippen molar-refractivity contribution in [3.05, 3.63) is 35.7 Å². The number of aromatic nitrogens is 2. The smallest absolute Gasteiger partial charge is 0.171 e. The first-order valence-corrected chi connectivity index (χ1v) is 7.77. The normalized spacial score (nSPS) is 10.3. The minimum atomic E-state index is 0.531. The molecule has 6 nitrogen and oxygen atoms in total. The van der Waals surface area contributed by atoms with Gasteiger partial charge < -0.3 is 20.1 Å². The zero-order chi connectivity index (χ0) is 16.8. The van der Waals surface area contributed by atoms with Gasteiger partial charge in [-0.1, -0.05) is 0 Å². The van der Waals surface area contributed by atoms with E-state index in [0.717, 1.165) is 23.5 Å². The van der Waals surface area contributed by atoms with Crippen LogP contribution in [0.3, 0.4) is 0 Å². The third kappa shape index (κ3) is 4.59. The Morgan fingerprint density at radius 2 is 1.87 bits per heavy atom. The number of anilines is 1. The zero-order valence-corrected chi connectivity index (χ0v) is 14.7. The molecule has 0 saturated carbocycles. The SMILES string of the molecule is CCn1cc(CNC(=S)Nc2cc(OC)cc(OC)c2)c(C)n1. The minimum Gasteiger partial charge on any atom is -0.497 e. The lowest BCUT2D eigenvalue weighted by Crippen LogP contribution is -2.28. The van der Waals surface area contributed by atoms with Crippen LogP contribution in [0.1, 0.15) is 18.2 Å². The van der Waals surface area contributed by atoms with Crippen molar-refractivity contribution in [3.63, 3.8) is 0 Å². The van der Waals surface area contributed by atoms with Crippen molar-refractivity contribution in [2.75, 3.05) is 19.5 Å². The van der Waals surface area contributed by atoms with Gasteiger partial charge in [0.15, 0.2) is 5.11 Å². The summed E-state index contributed by atoms with van der Waals surface area (Å²) < 4.78 is 12.4. The van der Waals surface area contributed by atoms with Gasteiger partial charge in [-0.2, -0.15) is 5.10 Å². The molecule has 1 aromatic carbocycles. The number of hydrogen-bond acceptors (Lipinski definition) is 4. The third-order valence-corrected chi connectivity index (χ3v) is 3.67. The van der Waals surface area contributed by atoms with E-state index in [9.17, 15) is 0 Å². The summed E-state index contributed by atoms with van der Waals surface area (Å²) in [6.45, 7) is 5.53. The van der Waals surface area contributed by atoms with Crippen LogP contribution in [-0.4, -0.2) is 29.1 Å². The maximum atomic E-state index is 5.34. The summed E-state index contributed by atoms with van der Waals surface area (Å²) in [6, 6.07) is 5.53. The van der Waals surface area contributed by atoms with Crippen LogP contribution in [0.4, 0.5) is 5.69 Å². The molecule has 2 aromatic rings. The molecule has 0 fully saturated rings. The van der Waals surface area contributed by atoms with Crippen LogP contribution in [0.2, 0.25) is 0 Å². The summed E-state index contributed by atoms with van der Waals surface area (Å²) in [5.74, 6) is 1.41. The molecule has 0 unspecified atom stereocenters. The van der Waals surface area contributed by atoms with Gasteiger partial charge in [0.25, 0.3) is 0 Å². The van der Waals surface area contributed by atoms with Gasteiger partial charge in [-0.15, -0.1) is 0 Å². The van der Waals surface area contributed by atoms with Gasteiger partial charge in [0, 0.05) is 48.7 Å². The fourth-order valence-corrected chi connectivity index (χ4v) is 2.32. The molecule has 0 radical (unpaired) electrons. The van der Waals surface area contributed by atoms with E-state index >= 15 is 0 Å². The first-order valence-electron chi connectivity index (χ1n) is 7.36. The van der Waals surface area contributed by atoms with Crippen molar-refractivity contribution in [3.8, 4) is 11.5 Å². The van der Waals surface area contributed by atoms with Crippen LogP contribution >= 0.6 is 12.2 Å². The molecule has 2 N–H and O–H groups in total. The van der Waals surface area contributed by atoms with E-state index in [1.807, 2.05) is 36.0 Å². The van der Waals surface area contributed by atoms with Crippen molar-refractivity contribution >= 4 is 23.0 Å². The first kappa shape index (κ1) is 17.1. The average Bonchev–Trinajstić information content (AvgIpc) is 2.92. The fourth-order valence-electron chi connectivity index (χ4n) is 2.13. The van der Waals surface area contributed by atoms with Crippen molar-refractivity contribution in [2.45, 2.75) is 26.9 Å². The largest absolute Gasteiger partial charge is 0.497 e. The van der Waals surface area contributed by atoms with E-state index < -0.39 is 0 Å². The van der Waals surface area contributed by atoms with Crippen LogP contribution < -0.4 is 20.1 Å². The number of ether oxygens (including phenoxy) is 2. The highest BCUT2D eigenvalue weighted by Gasteiger charge is 2.06. The monoisotopic (exact) mass is 334 g/mol. The standard InChI is InChI=1S/C16H22N4O2S/c1-5-20-10-12(11(2)19-20)9-17-16(23)18-13-6-14(21-3)8-15(7-13)22-4/h6-8,10H,5,9H2,1-4H3,(H2,17,18,23). The molecule has 23 heavy (non-hydrogen) atoms. The number of hydrogen-bond donors (Lipinski definition) is 2. The molecule has 124 valence electrons. The summed E-state index contributed by atoms with van der Waals surface area (Å²) in [7, 11) is 3.23. The second-order valence-electron chi connectivity index (χ2n) is 5.00. The number of benzene rings is 1. The molecule has 2 rings (SSSR count). The number of nitrogens with zero attached hydrogens (tertiary/aromatic N) is 2. The Hall–Kier alpha value is -2.28. The third-order valence-electron chi connectivity index (χ3n) is 3.42. The molecule has 7 heteroatoms. The second kappa shape index (κ2) is 7.82. The Balaban J connectivity index is 1.98. The average molecular weight is 334 g/mol. The Labute approximate surface area is 141 Å². The van der Waals surface area contributed by atoms with Crippen LogP contribution in [0.25, 0.3) is 0 Å². The maximum Gasteiger partial charge on any atom is 0.171 e. The van der Waals surface area contributed by atoms with Crippen molar-refractivity contribution in [1.82, 2.24) is 15.1 Å². The number of nitrogens with one attached hydrogen (secondary N) is 2. The number of thiocarbonyl (C=S) groups is 1. The molecule has 0 amide bonds. The van der Waals surface area contributed by atoms with Crippen LogP contribution in [-0.2, 0) is 13.1 Å². The number of aryl methyl sites for hydroxylation is 2. The Morgan fingerprint density at radius 3 is 2.39 bits per heavy atom. The highest BCUT2D eigenvalue weighted by atomic mass is 32.1. The van der Waals surface area contributed by atoms with E-state index in [2.05, 4.69) is 22.7 Å². The molecular formula is C16H22N4O2S. The first-order chi connectivity index (χ1) is 11.0. The lowest BCUT2D eigenvalue weighted by molar-refractivity contribution is 0.395. The summed E-state index contributed by atoms with van der Waals surface area (Å²) in [5, 5.41) is 11.3. The van der Waals surface area contributed by atoms with Gasteiger partial charge in [-0.05, 0) is 26.1 Å². The van der Waals surface area contributed by atoms with E-state index in [0.29, 0.717) is 23.2 Å². The molecular weight excluding hydrogens is 312 g/mol. The van der Waals surface area contributed by atoms with Crippen LogP contribution in [0, 0.1) is 6.92 Å². The molecule has 0 aliphatic heterocycles. The molecule has 0 bridgehead atoms. The summed E-state index contributed by atoms with van der Waals surface area (Å²) in [6.07, 6.45) is 2.03. The van der Waals surface area contributed by atoms with Gasteiger partial charge in [-0.3, -0.25) is 4.68 Å². The summed E-state index contributed by atoms with van der Waals surface area (Å²) in [4.78, 5) is 0. The van der Waals surface area contributed by atoms with Crippen molar-refractivity contribution < 1.29 is 9.47 Å². The van der Waals surface area contributed by atoms with Crippen molar-refractivity contribution in [1.29, 1.82) is 0 Å². The van der Waals surface area contributed by atoms with Gasteiger partial charge in [-0.25, -0.2) is 0 Å². The van der Waals surface area contributed by atoms with Crippen molar-refractivity contribution in [2.24, 2.45) is 0 Å². The molecule has 0 aliphatic carbocycles. The van der Waals surface area contributed by atoms with Gasteiger partial charge >= 0.3 is 0 Å². The van der Waals surface area contributed by atoms with E-state index in [1.54, 1.807) is 14.2 Å². The maximum absolute atomic E-state index is 5.34. The van der Waals surface area contributed by atoms with Gasteiger partial charge in [0.05, 0.1) is 19.9 Å². The lowest BCUT2D eigenvalue weighted by Gasteiger charge is -2.12. The predicted molar refractivity (Wildman–Crippen MR) is 95.2 cm³/mol. The predicted octanol–water partition coefficient (Wildman–Crippen LogP) is 2.72. The van der Waals surface area contributed by atoms with E-state index in [4.69, 9.17) is 21.7 Å². The highest BCUT2D eigenvalue weighted by Crippen LogP contribution is 2.25. The van der Waals surface area contributed by atoms with Crippen LogP contribution in [0.5, 0.6) is 11.5 Å². The molecule has 1 heterocycles. The van der Waals surface area contributed by atoms with Crippen LogP contribution in [0.15, 0.2) is 24.4 Å². The summed E-state index contributed by atoms with van der Waals surface area (Å²) >= 11 is 5.34. The Bertz CT molecular complexity index is 662. The lowest BCUT2D eigenvalue weighted by atomic mass is 10.2. The molecule has 0 spiro atoms. The Morgan fingerprint density at radius 1 is 1.22 bits per heavy atom. The molecule has 1 aromatic heterocycles. The number of methoxy groups -OCH3 is 2. The van der Waals surface area contributed by atoms with Gasteiger partial charge in [0.1, 0.15) is 11.5 Å². The fraction of sp³-hybridized carbons (Fsp3) is 0.375. The second-order valence-corrected chi connectivity index (χ2v) is 5.41. The minimum absolute atomic E-state index is 0.531. The quantitative estimate of drug-likeness (QED) is 0.792. The Kier molecular flexibility index (Phi) is 5.81. The molecule has 0 atom stereocenters. The molecule has 0 saturated heterocycles. The summed E-state index contributed by atoms with van der Waals surface area (Å²) in [5.41, 5.74) is 2.93. The van der Waals surface area contributed by atoms with E-state index in [-0.39, 0.29) is 0 Å². The zero-order valence-electron chi connectivity index (χ0n) is 13.8.